The number of carbonyl (C=O) groups excluding carboxylic acids is 2. The Morgan fingerprint density at radius 1 is 1.23 bits per heavy atom. The van der Waals surface area contributed by atoms with Crippen LogP contribution >= 0.6 is 15.9 Å². The molecule has 1 aromatic rings. The molecule has 4 bridgehead atoms. The number of primary amides is 1. The van der Waals surface area contributed by atoms with Gasteiger partial charge in [-0.1, -0.05) is 0 Å². The molecule has 3 N–H and O–H groups in total. The van der Waals surface area contributed by atoms with E-state index < -0.39 is 26.8 Å². The van der Waals surface area contributed by atoms with Crippen molar-refractivity contribution in [3.05, 3.63) is 28.5 Å². The minimum Gasteiger partial charge on any atom is -0.369 e. The maximum atomic E-state index is 13.4. The highest BCUT2D eigenvalue weighted by atomic mass is 79.9. The fourth-order valence-corrected chi connectivity index (χ4v) is 9.10. The van der Waals surface area contributed by atoms with E-state index in [1.54, 1.807) is 13.8 Å². The molecule has 170 valence electrons. The molecule has 2 unspecified atom stereocenters. The summed E-state index contributed by atoms with van der Waals surface area (Å²) in [6.07, 6.45) is 5.30. The first kappa shape index (κ1) is 22.9. The number of nitrogens with one attached hydrogen (secondary N) is 1. The third-order valence-electron chi connectivity index (χ3n) is 7.51. The first-order valence-corrected chi connectivity index (χ1v) is 12.9. The Morgan fingerprint density at radius 2 is 1.84 bits per heavy atom. The number of hydrogen-bond donors (Lipinski definition) is 2. The number of carbonyl (C=O) groups is 2. The lowest BCUT2D eigenvalue weighted by molar-refractivity contribution is -0.158. The zero-order valence-electron chi connectivity index (χ0n) is 17.7. The van der Waals surface area contributed by atoms with Gasteiger partial charge in [-0.3, -0.25) is 9.59 Å². The van der Waals surface area contributed by atoms with Crippen molar-refractivity contribution < 1.29 is 22.4 Å². The number of amides is 1. The molecular formula is C22H28BrFN2O4S. The first-order valence-electron chi connectivity index (χ1n) is 10.6. The topological polar surface area (TPSA) is 106 Å². The maximum absolute atomic E-state index is 13.4. The third kappa shape index (κ3) is 4.09. The van der Waals surface area contributed by atoms with E-state index in [4.69, 9.17) is 5.73 Å². The average Bonchev–Trinajstić information content (AvgIpc) is 2.58. The highest BCUT2D eigenvalue weighted by molar-refractivity contribution is 9.10. The molecule has 4 fully saturated rings. The lowest BCUT2D eigenvalue weighted by atomic mass is 9.43. The van der Waals surface area contributed by atoms with Crippen molar-refractivity contribution in [1.82, 2.24) is 4.72 Å². The molecule has 6 nitrogen and oxygen atoms in total. The van der Waals surface area contributed by atoms with Crippen LogP contribution < -0.4 is 10.5 Å². The van der Waals surface area contributed by atoms with Crippen LogP contribution in [0.25, 0.3) is 0 Å². The van der Waals surface area contributed by atoms with E-state index >= 15 is 0 Å². The molecule has 4 aliphatic carbocycles. The van der Waals surface area contributed by atoms with Gasteiger partial charge in [0, 0.05) is 10.9 Å². The summed E-state index contributed by atoms with van der Waals surface area (Å²) in [7, 11) is -4.06. The summed E-state index contributed by atoms with van der Waals surface area (Å²) in [6.45, 7) is 3.10. The molecule has 0 saturated heterocycles. The number of ketones is 1. The maximum Gasteiger partial charge on any atom is 0.242 e. The van der Waals surface area contributed by atoms with E-state index in [1.165, 1.54) is 0 Å². The van der Waals surface area contributed by atoms with Crippen LogP contribution in [0.1, 0.15) is 58.8 Å². The zero-order valence-corrected chi connectivity index (χ0v) is 20.1. The number of hydrogen-bond acceptors (Lipinski definition) is 4. The predicted octanol–water partition coefficient (Wildman–Crippen LogP) is 3.68. The lowest BCUT2D eigenvalue weighted by Gasteiger charge is -2.61. The summed E-state index contributed by atoms with van der Waals surface area (Å²) in [5, 5.41) is 0. The Bertz CT molecular complexity index is 1040. The summed E-state index contributed by atoms with van der Waals surface area (Å²) in [6, 6.07) is 3.30. The van der Waals surface area contributed by atoms with Crippen LogP contribution in [-0.4, -0.2) is 25.6 Å². The van der Waals surface area contributed by atoms with Gasteiger partial charge in [0.25, 0.3) is 0 Å². The fourth-order valence-electron chi connectivity index (χ4n) is 6.65. The van der Waals surface area contributed by atoms with Crippen molar-refractivity contribution >= 4 is 37.6 Å². The van der Waals surface area contributed by atoms with Gasteiger partial charge in [0.05, 0.1) is 15.8 Å². The van der Waals surface area contributed by atoms with Crippen LogP contribution in [-0.2, 0) is 19.6 Å². The Labute approximate surface area is 190 Å². The second kappa shape index (κ2) is 7.35. The zero-order chi connectivity index (χ0) is 22.8. The number of sulfonamides is 1. The van der Waals surface area contributed by atoms with E-state index in [0.717, 1.165) is 50.3 Å². The molecule has 0 aliphatic heterocycles. The van der Waals surface area contributed by atoms with Crippen molar-refractivity contribution in [2.75, 3.05) is 0 Å². The van der Waals surface area contributed by atoms with E-state index in [9.17, 15) is 22.4 Å². The summed E-state index contributed by atoms with van der Waals surface area (Å²) in [5.74, 6) is -0.241. The Morgan fingerprint density at radius 3 is 2.39 bits per heavy atom. The molecule has 5 rings (SSSR count). The van der Waals surface area contributed by atoms with Crippen LogP contribution in [0.5, 0.6) is 0 Å². The predicted molar refractivity (Wildman–Crippen MR) is 117 cm³/mol. The molecule has 31 heavy (non-hydrogen) atoms. The van der Waals surface area contributed by atoms with Gasteiger partial charge in [-0.2, -0.15) is 4.72 Å². The number of halogens is 2. The Kier molecular flexibility index (Phi) is 5.42. The van der Waals surface area contributed by atoms with Crippen molar-refractivity contribution in [3.63, 3.8) is 0 Å². The highest BCUT2D eigenvalue weighted by Crippen LogP contribution is 2.66. The van der Waals surface area contributed by atoms with Crippen LogP contribution in [0.15, 0.2) is 27.6 Å². The Hall–Kier alpha value is -1.32. The first-order chi connectivity index (χ1) is 14.3. The van der Waals surface area contributed by atoms with Gasteiger partial charge in [-0.15, -0.1) is 0 Å². The number of Topliss-reactive ketones (excluding diaryl/α,β-unsaturated/α-hetero) is 1. The Balaban J connectivity index is 1.55. The highest BCUT2D eigenvalue weighted by Gasteiger charge is 2.60. The fraction of sp³-hybridized carbons (Fsp3) is 0.636. The summed E-state index contributed by atoms with van der Waals surface area (Å²) < 4.78 is 41.8. The van der Waals surface area contributed by atoms with Crippen molar-refractivity contribution in [1.29, 1.82) is 0 Å². The van der Waals surface area contributed by atoms with E-state index in [2.05, 4.69) is 20.7 Å². The van der Waals surface area contributed by atoms with Gasteiger partial charge in [0.1, 0.15) is 5.82 Å². The van der Waals surface area contributed by atoms with Gasteiger partial charge >= 0.3 is 0 Å². The molecule has 0 spiro atoms. The largest absolute Gasteiger partial charge is 0.369 e. The van der Waals surface area contributed by atoms with Crippen molar-refractivity contribution in [2.45, 2.75) is 69.2 Å². The minimum absolute atomic E-state index is 0.0905. The lowest BCUT2D eigenvalue weighted by Crippen LogP contribution is -2.58. The van der Waals surface area contributed by atoms with E-state index in [1.807, 2.05) is 0 Å². The molecular weight excluding hydrogens is 487 g/mol. The molecule has 0 aromatic heterocycles. The standard InChI is InChI=1S/C22H28BrFN2O4S/c1-20(2,26-31(29,30)17-4-3-15(24)6-16(17)23)18(27)11-21-7-13-5-14(8-21)10-22(9-13,12-21)19(25)28/h3-4,6,13-14,26H,5,7-12H2,1-2H3,(H2,25,28). The second-order valence-corrected chi connectivity index (χ2v) is 13.0. The van der Waals surface area contributed by atoms with E-state index in [-0.39, 0.29) is 32.9 Å². The minimum atomic E-state index is -4.06. The van der Waals surface area contributed by atoms with Gasteiger partial charge in [-0.25, -0.2) is 12.8 Å². The van der Waals surface area contributed by atoms with Crippen LogP contribution in [0.2, 0.25) is 0 Å². The molecule has 2 atom stereocenters. The SMILES string of the molecule is CC(C)(NS(=O)(=O)c1ccc(F)cc1Br)C(=O)CC12CC3CC(C1)CC(C(N)=O)(C3)C2. The summed E-state index contributed by atoms with van der Waals surface area (Å²) in [4.78, 5) is 25.5. The number of nitrogens with two attached hydrogens (primary N) is 1. The van der Waals surface area contributed by atoms with Crippen LogP contribution in [0.4, 0.5) is 4.39 Å². The molecule has 0 heterocycles. The smallest absolute Gasteiger partial charge is 0.242 e. The third-order valence-corrected chi connectivity index (χ3v) is 10.1. The molecule has 4 aliphatic rings. The second-order valence-electron chi connectivity index (χ2n) is 10.5. The van der Waals surface area contributed by atoms with Gasteiger partial charge in [0.2, 0.25) is 15.9 Å². The average molecular weight is 515 g/mol. The van der Waals surface area contributed by atoms with Gasteiger partial charge < -0.3 is 5.73 Å². The monoisotopic (exact) mass is 514 g/mol. The van der Waals surface area contributed by atoms with Gasteiger partial charge in [-0.05, 0) is 104 Å². The van der Waals surface area contributed by atoms with Gasteiger partial charge in [0.15, 0.2) is 5.78 Å². The van der Waals surface area contributed by atoms with Crippen LogP contribution in [0.3, 0.4) is 0 Å². The molecule has 1 amide bonds. The van der Waals surface area contributed by atoms with Crippen molar-refractivity contribution in [2.24, 2.45) is 28.4 Å². The number of rotatable bonds is 7. The quantitative estimate of drug-likeness (QED) is 0.578. The van der Waals surface area contributed by atoms with Crippen molar-refractivity contribution in [3.8, 4) is 0 Å². The number of benzene rings is 1. The van der Waals surface area contributed by atoms with Crippen LogP contribution in [0, 0.1) is 28.5 Å². The van der Waals surface area contributed by atoms with E-state index in [0.29, 0.717) is 18.3 Å². The molecule has 0 radical (unpaired) electrons. The molecule has 1 aromatic carbocycles. The normalized spacial score (nSPS) is 32.3. The molecule has 9 heteroatoms. The summed E-state index contributed by atoms with van der Waals surface area (Å²) >= 11 is 3.08. The summed E-state index contributed by atoms with van der Waals surface area (Å²) in [5.41, 5.74) is 3.62. The molecule has 4 saturated carbocycles.